The molecule has 104 valence electrons. The highest BCUT2D eigenvalue weighted by Crippen LogP contribution is 2.25. The molecule has 0 saturated heterocycles. The molecule has 19 heavy (non-hydrogen) atoms. The second kappa shape index (κ2) is 6.36. The topological polar surface area (TPSA) is 64.0 Å². The molecule has 0 aliphatic carbocycles. The van der Waals surface area contributed by atoms with Gasteiger partial charge < -0.3 is 0 Å². The van der Waals surface area contributed by atoms with Gasteiger partial charge in [-0.3, -0.25) is 4.68 Å². The van der Waals surface area contributed by atoms with Gasteiger partial charge in [0.2, 0.25) is 10.0 Å². The maximum absolute atomic E-state index is 11.9. The summed E-state index contributed by atoms with van der Waals surface area (Å²) in [6.45, 7) is 1.01. The average Bonchev–Trinajstić information content (AvgIpc) is 2.94. The molecule has 9 heteroatoms. The van der Waals surface area contributed by atoms with E-state index in [1.165, 1.54) is 6.07 Å². The quantitative estimate of drug-likeness (QED) is 0.779. The first-order valence-electron chi connectivity index (χ1n) is 5.40. The number of nitrogens with one attached hydrogen (secondary N) is 1. The molecule has 0 radical (unpaired) electrons. The maximum Gasteiger partial charge on any atom is 0.250 e. The number of thiophene rings is 1. The first-order chi connectivity index (χ1) is 8.97. The summed E-state index contributed by atoms with van der Waals surface area (Å²) in [5.41, 5.74) is 0. The molecule has 2 rings (SSSR count). The Labute approximate surface area is 128 Å². The number of rotatable bonds is 6. The monoisotopic (exact) mass is 383 g/mol. The van der Waals surface area contributed by atoms with Gasteiger partial charge in [-0.2, -0.15) is 5.10 Å². The zero-order chi connectivity index (χ0) is 13.9. The van der Waals surface area contributed by atoms with E-state index in [0.717, 1.165) is 15.8 Å². The third kappa shape index (κ3) is 4.28. The van der Waals surface area contributed by atoms with Gasteiger partial charge in [-0.15, -0.1) is 11.3 Å². The van der Waals surface area contributed by atoms with E-state index in [1.54, 1.807) is 16.9 Å². The van der Waals surface area contributed by atoms with Crippen molar-refractivity contribution in [2.75, 3.05) is 6.54 Å². The number of sulfonamides is 1. The minimum Gasteiger partial charge on any atom is -0.272 e. The lowest BCUT2D eigenvalue weighted by molar-refractivity contribution is 0.554. The van der Waals surface area contributed by atoms with Gasteiger partial charge in [0.1, 0.15) is 4.21 Å². The van der Waals surface area contributed by atoms with Crippen LogP contribution in [0.25, 0.3) is 0 Å². The summed E-state index contributed by atoms with van der Waals surface area (Å²) in [5.74, 6) is 0. The number of aromatic nitrogens is 2. The Kier molecular flexibility index (Phi) is 5.02. The van der Waals surface area contributed by atoms with Crippen molar-refractivity contribution in [3.05, 3.63) is 33.3 Å². The zero-order valence-corrected chi connectivity index (χ0v) is 13.7. The zero-order valence-electron chi connectivity index (χ0n) is 9.71. The normalized spacial score (nSPS) is 11.9. The van der Waals surface area contributed by atoms with Crippen LogP contribution in [0.4, 0.5) is 0 Å². The van der Waals surface area contributed by atoms with Gasteiger partial charge >= 0.3 is 0 Å². The van der Waals surface area contributed by atoms with Crippen molar-refractivity contribution in [3.63, 3.8) is 0 Å². The number of hydrogen-bond acceptors (Lipinski definition) is 4. The Morgan fingerprint density at radius 1 is 1.47 bits per heavy atom. The molecule has 5 nitrogen and oxygen atoms in total. The van der Waals surface area contributed by atoms with Crippen LogP contribution in [0.3, 0.4) is 0 Å². The second-order valence-electron chi connectivity index (χ2n) is 3.73. The summed E-state index contributed by atoms with van der Waals surface area (Å²) >= 11 is 10.1. The smallest absolute Gasteiger partial charge is 0.250 e. The van der Waals surface area contributed by atoms with E-state index >= 15 is 0 Å². The van der Waals surface area contributed by atoms with Gasteiger partial charge in [-0.05, 0) is 34.5 Å². The maximum atomic E-state index is 11.9. The average molecular weight is 385 g/mol. The second-order valence-corrected chi connectivity index (χ2v) is 8.36. The van der Waals surface area contributed by atoms with Crippen molar-refractivity contribution in [1.29, 1.82) is 0 Å². The van der Waals surface area contributed by atoms with Crippen LogP contribution in [0, 0.1) is 0 Å². The largest absolute Gasteiger partial charge is 0.272 e. The van der Waals surface area contributed by atoms with E-state index in [2.05, 4.69) is 25.8 Å². The summed E-state index contributed by atoms with van der Waals surface area (Å²) in [6, 6.07) is 3.07. The van der Waals surface area contributed by atoms with Crippen LogP contribution in [-0.4, -0.2) is 24.7 Å². The summed E-state index contributed by atoms with van der Waals surface area (Å²) in [7, 11) is -3.44. The molecular weight excluding hydrogens is 374 g/mol. The lowest BCUT2D eigenvalue weighted by Gasteiger charge is -2.04. The van der Waals surface area contributed by atoms with Gasteiger partial charge in [-0.1, -0.05) is 11.6 Å². The molecule has 0 spiro atoms. The number of halogens is 2. The van der Waals surface area contributed by atoms with Crippen molar-refractivity contribution in [2.45, 2.75) is 17.2 Å². The molecule has 2 heterocycles. The molecule has 0 aromatic carbocycles. The van der Waals surface area contributed by atoms with Crippen molar-refractivity contribution in [3.8, 4) is 0 Å². The van der Waals surface area contributed by atoms with Gasteiger partial charge in [0, 0.05) is 19.3 Å². The standard InChI is InChI=1S/C10H11BrClN3O2S2/c11-8-6-13-15(7-8)5-1-4-14-19(16,17)10-3-2-9(12)18-10/h2-3,6-7,14H,1,4-5H2. The fourth-order valence-electron chi connectivity index (χ4n) is 1.42. The summed E-state index contributed by atoms with van der Waals surface area (Å²) in [6.07, 6.45) is 4.19. The molecule has 0 aliphatic heterocycles. The lowest BCUT2D eigenvalue weighted by Crippen LogP contribution is -2.24. The van der Waals surface area contributed by atoms with Gasteiger partial charge in [0.05, 0.1) is 15.0 Å². The minimum absolute atomic E-state index is 0.235. The van der Waals surface area contributed by atoms with Crippen LogP contribution in [0.1, 0.15) is 6.42 Å². The highest BCUT2D eigenvalue weighted by atomic mass is 79.9. The SMILES string of the molecule is O=S(=O)(NCCCn1cc(Br)cn1)c1ccc(Cl)s1. The molecule has 0 amide bonds. The van der Waals surface area contributed by atoms with Gasteiger partial charge in [0.15, 0.2) is 0 Å². The predicted octanol–water partition coefficient (Wildman–Crippen LogP) is 2.73. The Morgan fingerprint density at radius 3 is 2.84 bits per heavy atom. The molecule has 0 aliphatic rings. The summed E-state index contributed by atoms with van der Waals surface area (Å²) in [4.78, 5) is 0. The number of nitrogens with zero attached hydrogens (tertiary/aromatic N) is 2. The van der Waals surface area contributed by atoms with Crippen molar-refractivity contribution >= 4 is 48.9 Å². The van der Waals surface area contributed by atoms with Crippen LogP contribution in [0.15, 0.2) is 33.2 Å². The van der Waals surface area contributed by atoms with Gasteiger partial charge in [-0.25, -0.2) is 13.1 Å². The van der Waals surface area contributed by atoms with Crippen molar-refractivity contribution in [1.82, 2.24) is 14.5 Å². The molecule has 0 bridgehead atoms. The molecule has 0 saturated carbocycles. The summed E-state index contributed by atoms with van der Waals surface area (Å²) in [5, 5.41) is 4.09. The Balaban J connectivity index is 1.82. The molecule has 0 fully saturated rings. The van der Waals surface area contributed by atoms with Crippen molar-refractivity contribution < 1.29 is 8.42 Å². The highest BCUT2D eigenvalue weighted by Gasteiger charge is 2.15. The molecule has 2 aromatic rings. The first kappa shape index (κ1) is 15.0. The Bertz CT molecular complexity index is 653. The Hall–Kier alpha value is -0.410. The highest BCUT2D eigenvalue weighted by molar-refractivity contribution is 9.10. The number of hydrogen-bond donors (Lipinski definition) is 1. The van der Waals surface area contributed by atoms with Crippen LogP contribution >= 0.6 is 38.9 Å². The van der Waals surface area contributed by atoms with Crippen LogP contribution in [0.5, 0.6) is 0 Å². The van der Waals surface area contributed by atoms with Crippen LogP contribution in [0.2, 0.25) is 4.34 Å². The lowest BCUT2D eigenvalue weighted by atomic mass is 10.4. The fourth-order valence-corrected chi connectivity index (χ4v) is 4.35. The van der Waals surface area contributed by atoms with Crippen LogP contribution < -0.4 is 4.72 Å². The van der Waals surface area contributed by atoms with E-state index < -0.39 is 10.0 Å². The van der Waals surface area contributed by atoms with Gasteiger partial charge in [0.25, 0.3) is 0 Å². The summed E-state index contributed by atoms with van der Waals surface area (Å²) < 4.78 is 29.6. The molecule has 0 atom stereocenters. The Morgan fingerprint density at radius 2 is 2.26 bits per heavy atom. The third-order valence-corrected chi connectivity index (χ3v) is 5.86. The van der Waals surface area contributed by atoms with E-state index in [0.29, 0.717) is 23.8 Å². The molecule has 2 aromatic heterocycles. The van der Waals surface area contributed by atoms with Crippen LogP contribution in [-0.2, 0) is 16.6 Å². The molecule has 0 unspecified atom stereocenters. The first-order valence-corrected chi connectivity index (χ1v) is 8.87. The third-order valence-electron chi connectivity index (χ3n) is 2.27. The predicted molar refractivity (Wildman–Crippen MR) is 79.1 cm³/mol. The fraction of sp³-hybridized carbons (Fsp3) is 0.300. The van der Waals surface area contributed by atoms with Crippen molar-refractivity contribution in [2.24, 2.45) is 0 Å². The molecule has 1 N–H and O–H groups in total. The van der Waals surface area contributed by atoms with E-state index in [9.17, 15) is 8.42 Å². The van der Waals surface area contributed by atoms with E-state index in [1.807, 2.05) is 6.20 Å². The molecular formula is C10H11BrClN3O2S2. The minimum atomic E-state index is -3.44. The van der Waals surface area contributed by atoms with E-state index in [-0.39, 0.29) is 4.21 Å². The van der Waals surface area contributed by atoms with E-state index in [4.69, 9.17) is 11.6 Å². The number of aryl methyl sites for hydroxylation is 1.